The topological polar surface area (TPSA) is 53.7 Å². The van der Waals surface area contributed by atoms with Gasteiger partial charge >= 0.3 is 0 Å². The number of ether oxygens (including phenoxy) is 3. The first kappa shape index (κ1) is 17.0. The third-order valence-corrected chi connectivity index (χ3v) is 2.68. The van der Waals surface area contributed by atoms with Gasteiger partial charge in [0.25, 0.3) is 0 Å². The summed E-state index contributed by atoms with van der Waals surface area (Å²) in [7, 11) is 0. The molecule has 0 aliphatic carbocycles. The van der Waals surface area contributed by atoms with E-state index in [9.17, 15) is 0 Å². The minimum Gasteiger partial charge on any atom is -0.494 e. The second-order valence-corrected chi connectivity index (χ2v) is 5.64. The summed E-state index contributed by atoms with van der Waals surface area (Å²) in [6.07, 6.45) is 0. The molecule has 1 unspecified atom stereocenters. The normalized spacial score (nSPS) is 13.2. The Morgan fingerprint density at radius 1 is 1.10 bits per heavy atom. The maximum atomic E-state index is 6.08. The van der Waals surface area contributed by atoms with Crippen molar-refractivity contribution < 1.29 is 14.2 Å². The Balaban J connectivity index is 2.26. The third kappa shape index (κ3) is 6.89. The Bertz CT molecular complexity index is 370. The van der Waals surface area contributed by atoms with Crippen LogP contribution in [0.2, 0.25) is 0 Å². The first-order valence-electron chi connectivity index (χ1n) is 7.12. The van der Waals surface area contributed by atoms with Crippen LogP contribution in [0.25, 0.3) is 0 Å². The van der Waals surface area contributed by atoms with Gasteiger partial charge in [-0.25, -0.2) is 0 Å². The molecule has 2 N–H and O–H groups in total. The van der Waals surface area contributed by atoms with E-state index in [-0.39, 0.29) is 11.6 Å². The number of hydrogen-bond donors (Lipinski definition) is 1. The monoisotopic (exact) mass is 281 g/mol. The van der Waals surface area contributed by atoms with Gasteiger partial charge in [0.15, 0.2) is 0 Å². The molecule has 4 heteroatoms. The molecule has 1 atom stereocenters. The van der Waals surface area contributed by atoms with Crippen molar-refractivity contribution in [3.8, 4) is 5.75 Å². The van der Waals surface area contributed by atoms with E-state index in [0.29, 0.717) is 26.4 Å². The van der Waals surface area contributed by atoms with Crippen LogP contribution in [0.3, 0.4) is 0 Å². The molecule has 0 fully saturated rings. The zero-order valence-electron chi connectivity index (χ0n) is 13.0. The van der Waals surface area contributed by atoms with E-state index in [1.807, 2.05) is 52.0 Å². The standard InChI is InChI=1S/C16H27NO3/c1-5-19-14-8-6-13(7-9-14)15(17)12-18-10-11-20-16(2,3)4/h6-9,15H,5,10-12,17H2,1-4H3. The zero-order valence-corrected chi connectivity index (χ0v) is 13.0. The predicted octanol–water partition coefficient (Wildman–Crippen LogP) is 2.92. The predicted molar refractivity (Wildman–Crippen MR) is 81.1 cm³/mol. The minimum absolute atomic E-state index is 0.124. The van der Waals surface area contributed by atoms with Gasteiger partial charge in [-0.1, -0.05) is 12.1 Å². The second kappa shape index (κ2) is 8.25. The van der Waals surface area contributed by atoms with Crippen LogP contribution in [0.1, 0.15) is 39.3 Å². The SMILES string of the molecule is CCOc1ccc(C(N)COCCOC(C)(C)C)cc1. The lowest BCUT2D eigenvalue weighted by Gasteiger charge is -2.20. The van der Waals surface area contributed by atoms with Crippen LogP contribution in [-0.2, 0) is 9.47 Å². The molecule has 0 heterocycles. The van der Waals surface area contributed by atoms with E-state index in [1.54, 1.807) is 0 Å². The molecule has 1 rings (SSSR count). The molecule has 0 bridgehead atoms. The van der Waals surface area contributed by atoms with Crippen molar-refractivity contribution in [3.05, 3.63) is 29.8 Å². The molecule has 0 aliphatic rings. The number of benzene rings is 1. The average Bonchev–Trinajstić information content (AvgIpc) is 2.38. The summed E-state index contributed by atoms with van der Waals surface area (Å²) in [5.41, 5.74) is 7.00. The summed E-state index contributed by atoms with van der Waals surface area (Å²) in [4.78, 5) is 0. The lowest BCUT2D eigenvalue weighted by Crippen LogP contribution is -2.23. The summed E-state index contributed by atoms with van der Waals surface area (Å²) in [5, 5.41) is 0. The Morgan fingerprint density at radius 2 is 1.75 bits per heavy atom. The molecule has 0 saturated heterocycles. The quantitative estimate of drug-likeness (QED) is 0.744. The Labute approximate surface area is 122 Å². The van der Waals surface area contributed by atoms with Gasteiger partial charge < -0.3 is 19.9 Å². The van der Waals surface area contributed by atoms with Gasteiger partial charge in [0.05, 0.1) is 38.1 Å². The number of hydrogen-bond acceptors (Lipinski definition) is 4. The summed E-state index contributed by atoms with van der Waals surface area (Å²) in [5.74, 6) is 0.864. The van der Waals surface area contributed by atoms with Crippen LogP contribution < -0.4 is 10.5 Å². The Kier molecular flexibility index (Phi) is 6.99. The van der Waals surface area contributed by atoms with E-state index >= 15 is 0 Å². The van der Waals surface area contributed by atoms with Gasteiger partial charge in [0, 0.05) is 0 Å². The van der Waals surface area contributed by atoms with Crippen LogP contribution in [0.4, 0.5) is 0 Å². The van der Waals surface area contributed by atoms with Crippen molar-refractivity contribution in [1.82, 2.24) is 0 Å². The van der Waals surface area contributed by atoms with Gasteiger partial charge in [-0.3, -0.25) is 0 Å². The maximum Gasteiger partial charge on any atom is 0.119 e. The van der Waals surface area contributed by atoms with E-state index < -0.39 is 0 Å². The van der Waals surface area contributed by atoms with E-state index in [1.165, 1.54) is 0 Å². The van der Waals surface area contributed by atoms with Gasteiger partial charge in [0.2, 0.25) is 0 Å². The molecule has 0 aromatic heterocycles. The van der Waals surface area contributed by atoms with Crippen molar-refractivity contribution in [3.63, 3.8) is 0 Å². The summed E-state index contributed by atoms with van der Waals surface area (Å²) in [6, 6.07) is 7.69. The van der Waals surface area contributed by atoms with Crippen molar-refractivity contribution in [2.75, 3.05) is 26.4 Å². The van der Waals surface area contributed by atoms with Crippen LogP contribution in [0.5, 0.6) is 5.75 Å². The molecule has 0 saturated carbocycles. The van der Waals surface area contributed by atoms with Crippen molar-refractivity contribution >= 4 is 0 Å². The fourth-order valence-corrected chi connectivity index (χ4v) is 1.69. The number of nitrogens with two attached hydrogens (primary N) is 1. The summed E-state index contributed by atoms with van der Waals surface area (Å²) in [6.45, 7) is 10.3. The van der Waals surface area contributed by atoms with Gasteiger partial charge in [-0.05, 0) is 45.4 Å². The molecular weight excluding hydrogens is 254 g/mol. The van der Waals surface area contributed by atoms with Gasteiger partial charge in [0.1, 0.15) is 5.75 Å². The summed E-state index contributed by atoms with van der Waals surface area (Å²) >= 11 is 0. The maximum absolute atomic E-state index is 6.08. The fraction of sp³-hybridized carbons (Fsp3) is 0.625. The zero-order chi connectivity index (χ0) is 15.0. The van der Waals surface area contributed by atoms with Crippen LogP contribution in [-0.4, -0.2) is 32.0 Å². The molecule has 1 aromatic rings. The highest BCUT2D eigenvalue weighted by atomic mass is 16.5. The Morgan fingerprint density at radius 3 is 2.30 bits per heavy atom. The van der Waals surface area contributed by atoms with Crippen LogP contribution in [0, 0.1) is 0 Å². The van der Waals surface area contributed by atoms with Crippen molar-refractivity contribution in [1.29, 1.82) is 0 Å². The molecule has 114 valence electrons. The smallest absolute Gasteiger partial charge is 0.119 e. The molecule has 1 aromatic carbocycles. The lowest BCUT2D eigenvalue weighted by atomic mass is 10.1. The van der Waals surface area contributed by atoms with E-state index in [0.717, 1.165) is 11.3 Å². The highest BCUT2D eigenvalue weighted by Gasteiger charge is 2.10. The van der Waals surface area contributed by atoms with Gasteiger partial charge in [-0.2, -0.15) is 0 Å². The number of rotatable bonds is 8. The van der Waals surface area contributed by atoms with Crippen molar-refractivity contribution in [2.45, 2.75) is 39.3 Å². The molecule has 0 aliphatic heterocycles. The molecule has 0 radical (unpaired) electrons. The highest BCUT2D eigenvalue weighted by Crippen LogP contribution is 2.16. The van der Waals surface area contributed by atoms with Crippen LogP contribution in [0.15, 0.2) is 24.3 Å². The molecule has 4 nitrogen and oxygen atoms in total. The minimum atomic E-state index is -0.125. The summed E-state index contributed by atoms with van der Waals surface area (Å²) < 4.78 is 16.5. The Hall–Kier alpha value is -1.10. The lowest BCUT2D eigenvalue weighted by molar-refractivity contribution is -0.0363. The first-order valence-corrected chi connectivity index (χ1v) is 7.12. The molecule has 20 heavy (non-hydrogen) atoms. The van der Waals surface area contributed by atoms with Crippen molar-refractivity contribution in [2.24, 2.45) is 5.73 Å². The molecule has 0 amide bonds. The van der Waals surface area contributed by atoms with E-state index in [2.05, 4.69) is 0 Å². The first-order chi connectivity index (χ1) is 9.42. The highest BCUT2D eigenvalue weighted by molar-refractivity contribution is 5.29. The van der Waals surface area contributed by atoms with E-state index in [4.69, 9.17) is 19.9 Å². The van der Waals surface area contributed by atoms with Gasteiger partial charge in [-0.15, -0.1) is 0 Å². The second-order valence-electron chi connectivity index (χ2n) is 5.64. The fourth-order valence-electron chi connectivity index (χ4n) is 1.69. The molecule has 0 spiro atoms. The average molecular weight is 281 g/mol. The molecular formula is C16H27NO3. The largest absolute Gasteiger partial charge is 0.494 e. The third-order valence-electron chi connectivity index (χ3n) is 2.68. The van der Waals surface area contributed by atoms with Crippen LogP contribution >= 0.6 is 0 Å².